The second kappa shape index (κ2) is 5.16. The summed E-state index contributed by atoms with van der Waals surface area (Å²) in [6, 6.07) is 2.52. The number of hydrogen-bond donors (Lipinski definition) is 1. The predicted molar refractivity (Wildman–Crippen MR) is 62.4 cm³/mol. The summed E-state index contributed by atoms with van der Waals surface area (Å²) in [5, 5.41) is 12.6. The number of benzene rings is 1. The number of aryl methyl sites for hydroxylation is 1. The van der Waals surface area contributed by atoms with Crippen molar-refractivity contribution in [3.8, 4) is 0 Å². The number of carboxylic acids is 1. The van der Waals surface area contributed by atoms with Crippen LogP contribution >= 0.6 is 0 Å². The first-order chi connectivity index (χ1) is 9.38. The van der Waals surface area contributed by atoms with Gasteiger partial charge in [-0.3, -0.25) is 4.79 Å². The van der Waals surface area contributed by atoms with Gasteiger partial charge in [-0.15, -0.1) is 0 Å². The molecule has 1 aromatic heterocycles. The van der Waals surface area contributed by atoms with Gasteiger partial charge in [-0.25, -0.2) is 23.2 Å². The van der Waals surface area contributed by atoms with Gasteiger partial charge >= 0.3 is 5.97 Å². The zero-order chi connectivity index (χ0) is 14.9. The minimum absolute atomic E-state index is 0.176. The van der Waals surface area contributed by atoms with Crippen LogP contribution in [0.1, 0.15) is 26.8 Å². The van der Waals surface area contributed by atoms with E-state index in [0.717, 1.165) is 16.8 Å². The molecule has 0 bridgehead atoms. The van der Waals surface area contributed by atoms with E-state index in [1.165, 1.54) is 6.92 Å². The topological polar surface area (TPSA) is 85.1 Å². The molecular formula is C12H9F2N3O3. The number of Topliss-reactive ketones (excluding diaryl/α,β-unsaturated/α-hetero) is 1. The molecule has 1 aromatic carbocycles. The summed E-state index contributed by atoms with van der Waals surface area (Å²) in [5.74, 6) is -4.13. The number of ketones is 1. The summed E-state index contributed by atoms with van der Waals surface area (Å²) in [6.07, 6.45) is 0. The van der Waals surface area contributed by atoms with Gasteiger partial charge in [0.15, 0.2) is 5.78 Å². The van der Waals surface area contributed by atoms with E-state index in [-0.39, 0.29) is 11.4 Å². The Balaban J connectivity index is 2.30. The lowest BCUT2D eigenvalue weighted by Crippen LogP contribution is -2.18. The monoisotopic (exact) mass is 281 g/mol. The van der Waals surface area contributed by atoms with Gasteiger partial charge in [0.1, 0.15) is 24.0 Å². The summed E-state index contributed by atoms with van der Waals surface area (Å²) in [7, 11) is 0. The van der Waals surface area contributed by atoms with E-state index < -0.39 is 35.8 Å². The quantitative estimate of drug-likeness (QED) is 0.857. The molecule has 8 heteroatoms. The molecule has 20 heavy (non-hydrogen) atoms. The Bertz CT molecular complexity index is 697. The zero-order valence-electron chi connectivity index (χ0n) is 10.3. The van der Waals surface area contributed by atoms with Gasteiger partial charge < -0.3 is 5.11 Å². The number of hydrogen-bond acceptors (Lipinski definition) is 4. The number of carbonyl (C=O) groups is 2. The molecule has 2 rings (SSSR count). The van der Waals surface area contributed by atoms with Crippen molar-refractivity contribution in [3.05, 3.63) is 47.0 Å². The average molecular weight is 281 g/mol. The van der Waals surface area contributed by atoms with Crippen LogP contribution in [0, 0.1) is 18.6 Å². The predicted octanol–water partition coefficient (Wildman–Crippen LogP) is 1.45. The van der Waals surface area contributed by atoms with Gasteiger partial charge in [-0.05, 0) is 19.1 Å². The van der Waals surface area contributed by atoms with Crippen molar-refractivity contribution in [3.63, 3.8) is 0 Å². The third-order valence-corrected chi connectivity index (χ3v) is 2.49. The van der Waals surface area contributed by atoms with Gasteiger partial charge in [0.25, 0.3) is 0 Å². The number of rotatable bonds is 4. The van der Waals surface area contributed by atoms with Crippen molar-refractivity contribution < 1.29 is 23.5 Å². The molecule has 0 spiro atoms. The molecule has 1 heterocycles. The minimum atomic E-state index is -1.35. The second-order valence-electron chi connectivity index (χ2n) is 3.99. The number of nitrogens with zero attached hydrogens (tertiary/aromatic N) is 3. The second-order valence-corrected chi connectivity index (χ2v) is 3.99. The van der Waals surface area contributed by atoms with Crippen LogP contribution in [0.2, 0.25) is 0 Å². The van der Waals surface area contributed by atoms with Crippen LogP contribution in [0.4, 0.5) is 8.78 Å². The van der Waals surface area contributed by atoms with Crippen molar-refractivity contribution in [2.24, 2.45) is 0 Å². The SMILES string of the molecule is Cc1nc(C(=O)O)n(CC(=O)c2ccc(F)cc2F)n1. The van der Waals surface area contributed by atoms with E-state index in [4.69, 9.17) is 5.11 Å². The zero-order valence-corrected chi connectivity index (χ0v) is 10.3. The van der Waals surface area contributed by atoms with Crippen LogP contribution in [0.25, 0.3) is 0 Å². The Morgan fingerprint density at radius 2 is 2.05 bits per heavy atom. The molecule has 1 N–H and O–H groups in total. The van der Waals surface area contributed by atoms with Gasteiger partial charge in [0.05, 0.1) is 5.56 Å². The van der Waals surface area contributed by atoms with E-state index in [2.05, 4.69) is 10.1 Å². The van der Waals surface area contributed by atoms with E-state index >= 15 is 0 Å². The summed E-state index contributed by atoms with van der Waals surface area (Å²) >= 11 is 0. The fourth-order valence-electron chi connectivity index (χ4n) is 1.66. The van der Waals surface area contributed by atoms with Crippen LogP contribution in [0.15, 0.2) is 18.2 Å². The maximum Gasteiger partial charge on any atom is 0.373 e. The van der Waals surface area contributed by atoms with Crippen molar-refractivity contribution in [1.29, 1.82) is 0 Å². The fourth-order valence-corrected chi connectivity index (χ4v) is 1.66. The summed E-state index contributed by atoms with van der Waals surface area (Å²) in [6.45, 7) is 0.969. The molecular weight excluding hydrogens is 272 g/mol. The molecule has 0 saturated heterocycles. The fraction of sp³-hybridized carbons (Fsp3) is 0.167. The van der Waals surface area contributed by atoms with Crippen LogP contribution in [0.5, 0.6) is 0 Å². The van der Waals surface area contributed by atoms with Crippen molar-refractivity contribution >= 4 is 11.8 Å². The first kappa shape index (κ1) is 13.8. The Hall–Kier alpha value is -2.64. The molecule has 0 aliphatic carbocycles. The summed E-state index contributed by atoms with van der Waals surface area (Å²) in [5.41, 5.74) is -0.337. The third-order valence-electron chi connectivity index (χ3n) is 2.49. The van der Waals surface area contributed by atoms with E-state index in [1.807, 2.05) is 0 Å². The van der Waals surface area contributed by atoms with Crippen LogP contribution < -0.4 is 0 Å². The van der Waals surface area contributed by atoms with Gasteiger partial charge in [0.2, 0.25) is 5.82 Å². The smallest absolute Gasteiger partial charge is 0.373 e. The summed E-state index contributed by atoms with van der Waals surface area (Å²) in [4.78, 5) is 26.4. The highest BCUT2D eigenvalue weighted by molar-refractivity contribution is 5.96. The Morgan fingerprint density at radius 1 is 1.35 bits per heavy atom. The molecule has 0 aliphatic rings. The lowest BCUT2D eigenvalue weighted by atomic mass is 10.1. The molecule has 0 amide bonds. The number of aromatic carboxylic acids is 1. The Morgan fingerprint density at radius 3 is 2.65 bits per heavy atom. The Kier molecular flexibility index (Phi) is 3.55. The standard InChI is InChI=1S/C12H9F2N3O3/c1-6-15-11(12(19)20)17(16-6)5-10(18)8-3-2-7(13)4-9(8)14/h2-4H,5H2,1H3,(H,19,20). The Labute approximate surface area is 111 Å². The van der Waals surface area contributed by atoms with Crippen molar-refractivity contribution in [2.45, 2.75) is 13.5 Å². The van der Waals surface area contributed by atoms with E-state index in [0.29, 0.717) is 6.07 Å². The number of carbonyl (C=O) groups excluding carboxylic acids is 1. The molecule has 6 nitrogen and oxygen atoms in total. The molecule has 0 saturated carbocycles. The average Bonchev–Trinajstić information content (AvgIpc) is 2.70. The molecule has 0 aliphatic heterocycles. The third kappa shape index (κ3) is 2.68. The number of aromatic nitrogens is 3. The van der Waals surface area contributed by atoms with E-state index in [9.17, 15) is 18.4 Å². The summed E-state index contributed by atoms with van der Waals surface area (Å²) < 4.78 is 27.1. The highest BCUT2D eigenvalue weighted by Crippen LogP contribution is 2.11. The van der Waals surface area contributed by atoms with Crippen LogP contribution in [0.3, 0.4) is 0 Å². The lowest BCUT2D eigenvalue weighted by Gasteiger charge is -2.04. The largest absolute Gasteiger partial charge is 0.475 e. The van der Waals surface area contributed by atoms with Gasteiger partial charge in [-0.1, -0.05) is 0 Å². The molecule has 0 radical (unpaired) electrons. The molecule has 2 aromatic rings. The highest BCUT2D eigenvalue weighted by Gasteiger charge is 2.19. The molecule has 0 fully saturated rings. The van der Waals surface area contributed by atoms with Crippen molar-refractivity contribution in [1.82, 2.24) is 14.8 Å². The van der Waals surface area contributed by atoms with Crippen LogP contribution in [-0.4, -0.2) is 31.6 Å². The first-order valence-electron chi connectivity index (χ1n) is 5.51. The lowest BCUT2D eigenvalue weighted by molar-refractivity contribution is 0.0676. The normalized spacial score (nSPS) is 10.6. The molecule has 0 unspecified atom stereocenters. The number of halogens is 2. The highest BCUT2D eigenvalue weighted by atomic mass is 19.1. The maximum atomic E-state index is 13.4. The number of carboxylic acid groups (broad SMARTS) is 1. The molecule has 0 atom stereocenters. The molecule has 104 valence electrons. The van der Waals surface area contributed by atoms with E-state index in [1.54, 1.807) is 0 Å². The van der Waals surface area contributed by atoms with Gasteiger partial charge in [0, 0.05) is 6.07 Å². The minimum Gasteiger partial charge on any atom is -0.475 e. The first-order valence-corrected chi connectivity index (χ1v) is 5.51. The van der Waals surface area contributed by atoms with Crippen LogP contribution in [-0.2, 0) is 6.54 Å². The van der Waals surface area contributed by atoms with Gasteiger partial charge in [-0.2, -0.15) is 5.10 Å². The van der Waals surface area contributed by atoms with Crippen molar-refractivity contribution in [2.75, 3.05) is 0 Å². The maximum absolute atomic E-state index is 13.4.